The number of ether oxygens (including phenoxy) is 2. The van der Waals surface area contributed by atoms with E-state index in [4.69, 9.17) is 14.0 Å². The molecule has 0 unspecified atom stereocenters. The summed E-state index contributed by atoms with van der Waals surface area (Å²) < 4.78 is 16.0. The Morgan fingerprint density at radius 1 is 1.32 bits per heavy atom. The number of methoxy groups -OCH3 is 1. The summed E-state index contributed by atoms with van der Waals surface area (Å²) in [5.74, 6) is 2.34. The van der Waals surface area contributed by atoms with Crippen molar-refractivity contribution in [2.24, 2.45) is 0 Å². The monoisotopic (exact) mass is 262 g/mol. The third-order valence-electron chi connectivity index (χ3n) is 2.69. The molecule has 0 fully saturated rings. The average Bonchev–Trinajstić information content (AvgIpc) is 2.96. The first-order valence-corrected chi connectivity index (χ1v) is 6.23. The van der Waals surface area contributed by atoms with Crippen molar-refractivity contribution < 1.29 is 14.0 Å². The lowest BCUT2D eigenvalue weighted by molar-refractivity contribution is 0.246. The van der Waals surface area contributed by atoms with Crippen LogP contribution >= 0.6 is 0 Å². The highest BCUT2D eigenvalue weighted by Gasteiger charge is 2.07. The van der Waals surface area contributed by atoms with Crippen LogP contribution in [0.2, 0.25) is 0 Å². The van der Waals surface area contributed by atoms with Gasteiger partial charge in [0.1, 0.15) is 18.1 Å². The number of aromatic nitrogens is 1. The minimum Gasteiger partial charge on any atom is -0.497 e. The molecule has 2 aromatic rings. The predicted molar refractivity (Wildman–Crippen MR) is 71.2 cm³/mol. The normalized spacial score (nSPS) is 10.4. The van der Waals surface area contributed by atoms with Crippen molar-refractivity contribution in [1.82, 2.24) is 10.5 Å². The van der Waals surface area contributed by atoms with Gasteiger partial charge in [0, 0.05) is 18.2 Å². The van der Waals surface area contributed by atoms with Crippen LogP contribution in [0.1, 0.15) is 18.2 Å². The van der Waals surface area contributed by atoms with Gasteiger partial charge < -0.3 is 19.3 Å². The van der Waals surface area contributed by atoms with Crippen molar-refractivity contribution in [1.29, 1.82) is 0 Å². The van der Waals surface area contributed by atoms with Crippen LogP contribution in [0.4, 0.5) is 0 Å². The minimum atomic E-state index is 0.367. The molecule has 0 aliphatic rings. The van der Waals surface area contributed by atoms with Gasteiger partial charge in [-0.1, -0.05) is 12.1 Å². The van der Waals surface area contributed by atoms with Gasteiger partial charge in [-0.2, -0.15) is 0 Å². The van der Waals surface area contributed by atoms with Gasteiger partial charge in [-0.05, 0) is 24.7 Å². The van der Waals surface area contributed by atoms with Gasteiger partial charge in [-0.15, -0.1) is 0 Å². The second kappa shape index (κ2) is 6.80. The molecule has 0 radical (unpaired) electrons. The first kappa shape index (κ1) is 13.4. The smallest absolute Gasteiger partial charge is 0.174 e. The fourth-order valence-corrected chi connectivity index (χ4v) is 1.69. The Morgan fingerprint density at radius 2 is 2.21 bits per heavy atom. The van der Waals surface area contributed by atoms with Gasteiger partial charge in [0.2, 0.25) is 0 Å². The van der Waals surface area contributed by atoms with Crippen LogP contribution in [-0.2, 0) is 13.2 Å². The molecule has 0 spiro atoms. The van der Waals surface area contributed by atoms with E-state index in [0.717, 1.165) is 30.2 Å². The maximum atomic E-state index is 5.75. The van der Waals surface area contributed by atoms with Gasteiger partial charge in [-0.3, -0.25) is 0 Å². The average molecular weight is 262 g/mol. The second-order valence-corrected chi connectivity index (χ2v) is 4.02. The van der Waals surface area contributed by atoms with Crippen molar-refractivity contribution in [2.45, 2.75) is 20.1 Å². The molecule has 5 heteroatoms. The molecule has 0 saturated heterocycles. The van der Waals surface area contributed by atoms with E-state index in [-0.39, 0.29) is 0 Å². The van der Waals surface area contributed by atoms with E-state index in [1.807, 2.05) is 18.2 Å². The number of hydrogen-bond donors (Lipinski definition) is 1. The number of benzene rings is 1. The SMILES string of the molecule is CCNCc1cc(OC)ccc1OCc1ccno1. The zero-order valence-corrected chi connectivity index (χ0v) is 11.2. The van der Waals surface area contributed by atoms with Crippen LogP contribution in [0.25, 0.3) is 0 Å². The van der Waals surface area contributed by atoms with Crippen molar-refractivity contribution in [3.63, 3.8) is 0 Å². The van der Waals surface area contributed by atoms with Crippen molar-refractivity contribution in [3.8, 4) is 11.5 Å². The lowest BCUT2D eigenvalue weighted by atomic mass is 10.2. The predicted octanol–water partition coefficient (Wildman–Crippen LogP) is 2.37. The Balaban J connectivity index is 2.08. The number of hydrogen-bond acceptors (Lipinski definition) is 5. The fraction of sp³-hybridized carbons (Fsp3) is 0.357. The molecule has 102 valence electrons. The van der Waals surface area contributed by atoms with Gasteiger partial charge in [0.15, 0.2) is 5.76 Å². The Labute approximate surface area is 112 Å². The van der Waals surface area contributed by atoms with Crippen molar-refractivity contribution in [3.05, 3.63) is 41.8 Å². The lowest BCUT2D eigenvalue weighted by Gasteiger charge is -2.12. The van der Waals surface area contributed by atoms with E-state index in [2.05, 4.69) is 17.4 Å². The van der Waals surface area contributed by atoms with Crippen LogP contribution in [0, 0.1) is 0 Å². The topological polar surface area (TPSA) is 56.5 Å². The molecular formula is C14H18N2O3. The molecule has 0 saturated carbocycles. The second-order valence-electron chi connectivity index (χ2n) is 4.02. The third-order valence-corrected chi connectivity index (χ3v) is 2.69. The first-order valence-electron chi connectivity index (χ1n) is 6.23. The van der Waals surface area contributed by atoms with Crippen LogP contribution < -0.4 is 14.8 Å². The molecular weight excluding hydrogens is 244 g/mol. The number of nitrogens with one attached hydrogen (secondary N) is 1. The van der Waals surface area contributed by atoms with E-state index in [0.29, 0.717) is 12.4 Å². The lowest BCUT2D eigenvalue weighted by Crippen LogP contribution is -2.13. The van der Waals surface area contributed by atoms with Crippen molar-refractivity contribution in [2.75, 3.05) is 13.7 Å². The Morgan fingerprint density at radius 3 is 2.89 bits per heavy atom. The maximum absolute atomic E-state index is 5.75. The van der Waals surface area contributed by atoms with Crippen LogP contribution in [-0.4, -0.2) is 18.8 Å². The molecule has 2 rings (SSSR count). The molecule has 1 aromatic heterocycles. The summed E-state index contributed by atoms with van der Waals surface area (Å²) in [5, 5.41) is 6.92. The summed E-state index contributed by atoms with van der Waals surface area (Å²) in [5.41, 5.74) is 1.06. The fourth-order valence-electron chi connectivity index (χ4n) is 1.69. The van der Waals surface area contributed by atoms with Gasteiger partial charge in [-0.25, -0.2) is 0 Å². The van der Waals surface area contributed by atoms with Gasteiger partial charge in [0.05, 0.1) is 13.3 Å². The molecule has 19 heavy (non-hydrogen) atoms. The maximum Gasteiger partial charge on any atom is 0.174 e. The van der Waals surface area contributed by atoms with Gasteiger partial charge in [0.25, 0.3) is 0 Å². The van der Waals surface area contributed by atoms with Crippen molar-refractivity contribution >= 4 is 0 Å². The quantitative estimate of drug-likeness (QED) is 0.830. The Hall–Kier alpha value is -2.01. The van der Waals surface area contributed by atoms with Crippen LogP contribution in [0.15, 0.2) is 35.0 Å². The summed E-state index contributed by atoms with van der Waals surface area (Å²) in [6.45, 7) is 4.07. The Kier molecular flexibility index (Phi) is 4.80. The molecule has 1 heterocycles. The minimum absolute atomic E-state index is 0.367. The zero-order valence-electron chi connectivity index (χ0n) is 11.2. The highest BCUT2D eigenvalue weighted by molar-refractivity contribution is 5.40. The zero-order chi connectivity index (χ0) is 13.5. The highest BCUT2D eigenvalue weighted by atomic mass is 16.5. The largest absolute Gasteiger partial charge is 0.497 e. The molecule has 1 aromatic carbocycles. The molecule has 0 aliphatic heterocycles. The molecule has 1 N–H and O–H groups in total. The highest BCUT2D eigenvalue weighted by Crippen LogP contribution is 2.25. The third kappa shape index (κ3) is 3.72. The number of rotatable bonds is 7. The summed E-state index contributed by atoms with van der Waals surface area (Å²) in [6.07, 6.45) is 1.60. The van der Waals surface area contributed by atoms with Crippen LogP contribution in [0.3, 0.4) is 0 Å². The summed E-state index contributed by atoms with van der Waals surface area (Å²) >= 11 is 0. The molecule has 5 nitrogen and oxygen atoms in total. The van der Waals surface area contributed by atoms with E-state index in [1.54, 1.807) is 19.4 Å². The first-order chi connectivity index (χ1) is 9.33. The summed E-state index contributed by atoms with van der Waals surface area (Å²) in [7, 11) is 1.65. The molecule has 0 atom stereocenters. The van der Waals surface area contributed by atoms with E-state index in [1.165, 1.54) is 0 Å². The van der Waals surface area contributed by atoms with E-state index < -0.39 is 0 Å². The van der Waals surface area contributed by atoms with E-state index in [9.17, 15) is 0 Å². The molecule has 0 bridgehead atoms. The van der Waals surface area contributed by atoms with Crippen LogP contribution in [0.5, 0.6) is 11.5 Å². The van der Waals surface area contributed by atoms with Gasteiger partial charge >= 0.3 is 0 Å². The molecule has 0 amide bonds. The van der Waals surface area contributed by atoms with E-state index >= 15 is 0 Å². The Bertz CT molecular complexity index is 497. The molecule has 0 aliphatic carbocycles. The standard InChI is InChI=1S/C14H18N2O3/c1-3-15-9-11-8-12(17-2)4-5-14(11)18-10-13-6-7-16-19-13/h4-8,15H,3,9-10H2,1-2H3. The summed E-state index contributed by atoms with van der Waals surface area (Å²) in [4.78, 5) is 0. The number of nitrogens with zero attached hydrogens (tertiary/aromatic N) is 1. The summed E-state index contributed by atoms with van der Waals surface area (Å²) in [6, 6.07) is 7.54.